The molecule has 6 rings (SSSR count). The highest BCUT2D eigenvalue weighted by molar-refractivity contribution is 7.94. The van der Waals surface area contributed by atoms with Gasteiger partial charge in [-0.1, -0.05) is 11.5 Å². The lowest BCUT2D eigenvalue weighted by Crippen LogP contribution is -2.18. The third-order valence-electron chi connectivity index (χ3n) is 8.22. The maximum Gasteiger partial charge on any atom is 0.333 e. The van der Waals surface area contributed by atoms with E-state index in [0.717, 1.165) is 6.07 Å². The minimum Gasteiger partial charge on any atom is -0.492 e. The number of fused-ring (bicyclic) bond motifs is 4. The van der Waals surface area contributed by atoms with E-state index < -0.39 is 38.2 Å². The Kier molecular flexibility index (Phi) is 9.39. The average Bonchev–Trinajstić information content (AvgIpc) is 3.39. The third kappa shape index (κ3) is 6.46. The van der Waals surface area contributed by atoms with E-state index in [1.807, 2.05) is 11.5 Å². The largest absolute Gasteiger partial charge is 0.492 e. The van der Waals surface area contributed by atoms with Crippen molar-refractivity contribution in [3.63, 3.8) is 0 Å². The van der Waals surface area contributed by atoms with E-state index in [4.69, 9.17) is 10.1 Å². The van der Waals surface area contributed by atoms with E-state index >= 15 is 0 Å². The number of aromatic hydroxyl groups is 2. The van der Waals surface area contributed by atoms with Crippen molar-refractivity contribution in [3.05, 3.63) is 81.1 Å². The molecule has 0 aliphatic carbocycles. The molecule has 256 valence electrons. The summed E-state index contributed by atoms with van der Waals surface area (Å²) in [7, 11) is -4.58. The Morgan fingerprint density at radius 3 is 2.00 bits per heavy atom. The highest BCUT2D eigenvalue weighted by atomic mass is 32.2. The molecule has 6 aromatic rings. The molecule has 3 aromatic carbocycles. The number of aryl methyl sites for hydroxylation is 2. The van der Waals surface area contributed by atoms with Gasteiger partial charge in [0.1, 0.15) is 0 Å². The van der Waals surface area contributed by atoms with Gasteiger partial charge in [0.25, 0.3) is 10.1 Å². The Morgan fingerprint density at radius 1 is 0.776 bits per heavy atom. The van der Waals surface area contributed by atoms with Crippen molar-refractivity contribution < 1.29 is 47.4 Å². The molecule has 0 saturated heterocycles. The lowest BCUT2D eigenvalue weighted by Gasteiger charge is -2.19. The van der Waals surface area contributed by atoms with E-state index in [9.17, 15) is 37.6 Å². The molecule has 0 aliphatic rings. The molecule has 0 atom stereocenters. The Balaban J connectivity index is 1.43. The Labute approximate surface area is 280 Å². The molecule has 0 aliphatic heterocycles. The molecule has 0 spiro atoms. The summed E-state index contributed by atoms with van der Waals surface area (Å²) in [6.07, 6.45) is 1.48. The van der Waals surface area contributed by atoms with Crippen LogP contribution in [0.4, 0.5) is 0 Å². The van der Waals surface area contributed by atoms with Crippen molar-refractivity contribution in [2.45, 2.75) is 55.5 Å². The zero-order chi connectivity index (χ0) is 35.0. The van der Waals surface area contributed by atoms with E-state index in [-0.39, 0.29) is 22.6 Å². The van der Waals surface area contributed by atoms with Crippen LogP contribution >= 0.6 is 12.0 Å². The van der Waals surface area contributed by atoms with Crippen LogP contribution in [0.3, 0.4) is 0 Å². The summed E-state index contributed by atoms with van der Waals surface area (Å²) in [6, 6.07) is 14.3. The van der Waals surface area contributed by atoms with Gasteiger partial charge in [0.15, 0.2) is 10.9 Å². The van der Waals surface area contributed by atoms with Crippen molar-refractivity contribution in [2.24, 2.45) is 0 Å². The molecule has 0 radical (unpaired) electrons. The summed E-state index contributed by atoms with van der Waals surface area (Å²) in [5, 5.41) is 32.7. The van der Waals surface area contributed by atoms with Crippen molar-refractivity contribution in [1.29, 1.82) is 0 Å². The molecule has 17 heteroatoms. The molecule has 49 heavy (non-hydrogen) atoms. The van der Waals surface area contributed by atoms with Crippen LogP contribution in [-0.2, 0) is 37.4 Å². The fourth-order valence-corrected chi connectivity index (χ4v) is 6.91. The number of hydrogen-bond acceptors (Lipinski definition) is 12. The molecule has 4 N–H and O–H groups in total. The second kappa shape index (κ2) is 13.5. The van der Waals surface area contributed by atoms with Gasteiger partial charge in [-0.25, -0.2) is 10.1 Å². The molecule has 0 bridgehead atoms. The van der Waals surface area contributed by atoms with E-state index in [1.165, 1.54) is 24.3 Å². The lowest BCUT2D eigenvalue weighted by atomic mass is 10.0. The van der Waals surface area contributed by atoms with Crippen molar-refractivity contribution in [3.8, 4) is 11.8 Å². The number of carbonyl (C=O) groups excluding carboxylic acids is 1. The summed E-state index contributed by atoms with van der Waals surface area (Å²) in [5.41, 5.74) is 1.06. The van der Waals surface area contributed by atoms with Gasteiger partial charge in [0.2, 0.25) is 11.8 Å². The number of rotatable bonds is 12. The maximum atomic E-state index is 14.0. The number of benzene rings is 3. The zero-order valence-electron chi connectivity index (χ0n) is 25.7. The first kappa shape index (κ1) is 34.0. The second-order valence-electron chi connectivity index (χ2n) is 11.1. The molecule has 0 fully saturated rings. The Bertz CT molecular complexity index is 2480. The van der Waals surface area contributed by atoms with Crippen LogP contribution in [0.15, 0.2) is 80.0 Å². The SMILES string of the molecule is CCn1c2ccc(S(=O)(=O)O)cc2c(=O)c2cc3c(cc21)c(=O)c1cc(SOOO)ccc1n3CCCCCC(=O)On1c(O)ccc1O. The summed E-state index contributed by atoms with van der Waals surface area (Å²) >= 11 is 0.697. The number of hydrogen-bond donors (Lipinski definition) is 4. The van der Waals surface area contributed by atoms with Gasteiger partial charge in [0.05, 0.1) is 39.0 Å². The molecule has 0 unspecified atom stereocenters. The standard InChI is InChI=1S/C32H29N3O12S2/c1-2-33-24-10-8-19(49(42,43)44)15-21(24)32(40)22-17-27-23(16-26(22)33)31(39)20-14-18(48-47-46-41)7-9-25(20)34(27)13-5-3-4-6-30(38)45-35-28(36)11-12-29(35)37/h7-12,14-17,36-37,41H,2-6,13H2,1H3,(H,42,43,44). The topological polar surface area (TPSA) is 209 Å². The fourth-order valence-electron chi connectivity index (χ4n) is 6.01. The van der Waals surface area contributed by atoms with E-state index in [1.54, 1.807) is 34.9 Å². The zero-order valence-corrected chi connectivity index (χ0v) is 27.4. The maximum absolute atomic E-state index is 14.0. The van der Waals surface area contributed by atoms with Gasteiger partial charge in [0, 0.05) is 58.1 Å². The van der Waals surface area contributed by atoms with Crippen LogP contribution < -0.4 is 15.7 Å². The number of carbonyl (C=O) groups is 1. The first-order valence-electron chi connectivity index (χ1n) is 15.0. The quantitative estimate of drug-likeness (QED) is 0.0338. The van der Waals surface area contributed by atoms with Crippen LogP contribution in [0.1, 0.15) is 32.6 Å². The van der Waals surface area contributed by atoms with Gasteiger partial charge in [-0.05, 0) is 68.3 Å². The van der Waals surface area contributed by atoms with Gasteiger partial charge < -0.3 is 24.2 Å². The highest BCUT2D eigenvalue weighted by Crippen LogP contribution is 2.30. The highest BCUT2D eigenvalue weighted by Gasteiger charge is 2.19. The number of nitrogens with zero attached hydrogens (tertiary/aromatic N) is 3. The molecule has 3 aromatic heterocycles. The number of unbranched alkanes of at least 4 members (excludes halogenated alkanes) is 2. The number of aromatic nitrogens is 3. The summed E-state index contributed by atoms with van der Waals surface area (Å²) < 4.78 is 42.3. The Morgan fingerprint density at radius 2 is 1.37 bits per heavy atom. The van der Waals surface area contributed by atoms with Gasteiger partial charge in [-0.15, -0.1) is 9.06 Å². The second-order valence-corrected chi connectivity index (χ2v) is 13.3. The van der Waals surface area contributed by atoms with Crippen LogP contribution in [0.5, 0.6) is 11.8 Å². The molecular weight excluding hydrogens is 682 g/mol. The van der Waals surface area contributed by atoms with Crippen molar-refractivity contribution in [2.75, 3.05) is 0 Å². The molecule has 0 saturated carbocycles. The van der Waals surface area contributed by atoms with Crippen LogP contribution in [0, 0.1) is 0 Å². The summed E-state index contributed by atoms with van der Waals surface area (Å²) in [4.78, 5) is 45.3. The lowest BCUT2D eigenvalue weighted by molar-refractivity contribution is -0.432. The monoisotopic (exact) mass is 711 g/mol. The van der Waals surface area contributed by atoms with Crippen LogP contribution in [0.2, 0.25) is 0 Å². The molecule has 3 heterocycles. The average molecular weight is 712 g/mol. The molecule has 0 amide bonds. The first-order valence-corrected chi connectivity index (χ1v) is 17.1. The van der Waals surface area contributed by atoms with Crippen molar-refractivity contribution in [1.82, 2.24) is 13.9 Å². The normalized spacial score (nSPS) is 12.1. The fraction of sp³-hybridized carbons (Fsp3) is 0.219. The molecular formula is C32H29N3O12S2. The predicted octanol–water partition coefficient (Wildman–Crippen LogP) is 4.75. The molecule has 15 nitrogen and oxygen atoms in total. The van der Waals surface area contributed by atoms with Crippen LogP contribution in [0.25, 0.3) is 43.6 Å². The van der Waals surface area contributed by atoms with Crippen LogP contribution in [-0.4, -0.2) is 48.3 Å². The third-order valence-corrected chi connectivity index (χ3v) is 9.64. The van der Waals surface area contributed by atoms with Crippen molar-refractivity contribution >= 4 is 71.7 Å². The Hall–Kier alpha value is -4.91. The van der Waals surface area contributed by atoms with E-state index in [2.05, 4.69) is 9.37 Å². The van der Waals surface area contributed by atoms with Gasteiger partial charge in [-0.2, -0.15) is 8.42 Å². The summed E-state index contributed by atoms with van der Waals surface area (Å²) in [6.45, 7) is 2.57. The minimum absolute atomic E-state index is 0.00392. The van der Waals surface area contributed by atoms with Gasteiger partial charge in [-0.3, -0.25) is 14.1 Å². The smallest absolute Gasteiger partial charge is 0.333 e. The number of pyridine rings is 2. The summed E-state index contributed by atoms with van der Waals surface area (Å²) in [5.74, 6) is -1.52. The minimum atomic E-state index is -4.58. The predicted molar refractivity (Wildman–Crippen MR) is 179 cm³/mol. The van der Waals surface area contributed by atoms with Gasteiger partial charge >= 0.3 is 5.97 Å². The first-order chi connectivity index (χ1) is 23.4. The van der Waals surface area contributed by atoms with E-state index in [0.29, 0.717) is 86.9 Å².